The second-order valence-electron chi connectivity index (χ2n) is 6.83. The quantitative estimate of drug-likeness (QED) is 0.539. The average Bonchev–Trinajstić information content (AvgIpc) is 3.20. The Balaban J connectivity index is 1.71. The summed E-state index contributed by atoms with van der Waals surface area (Å²) in [4.78, 5) is 15.4. The van der Waals surface area contributed by atoms with Crippen LogP contribution >= 0.6 is 12.2 Å². The smallest absolute Gasteiger partial charge is 0.253 e. The number of aliphatic hydroxyl groups is 2. The van der Waals surface area contributed by atoms with Crippen LogP contribution < -0.4 is 10.2 Å². The van der Waals surface area contributed by atoms with Gasteiger partial charge in [-0.15, -0.1) is 5.10 Å². The molecule has 0 unspecified atom stereocenters. The van der Waals surface area contributed by atoms with Crippen molar-refractivity contribution in [3.63, 3.8) is 0 Å². The van der Waals surface area contributed by atoms with E-state index in [-0.39, 0.29) is 37.6 Å². The first-order valence-electron chi connectivity index (χ1n) is 9.28. The number of nitrogens with zero attached hydrogens (tertiary/aromatic N) is 5. The van der Waals surface area contributed by atoms with Crippen molar-refractivity contribution >= 4 is 28.8 Å². The van der Waals surface area contributed by atoms with Gasteiger partial charge in [-0.25, -0.2) is 13.5 Å². The number of piperazine rings is 1. The van der Waals surface area contributed by atoms with Crippen LogP contribution in [0.5, 0.6) is 0 Å². The van der Waals surface area contributed by atoms with Gasteiger partial charge in [0, 0.05) is 38.3 Å². The van der Waals surface area contributed by atoms with Crippen molar-refractivity contribution < 1.29 is 23.8 Å². The fourth-order valence-electron chi connectivity index (χ4n) is 3.15. The molecule has 1 fully saturated rings. The fraction of sp³-hybridized carbons (Fsp3) is 0.444. The molecule has 0 radical (unpaired) electrons. The lowest BCUT2D eigenvalue weighted by Crippen LogP contribution is -2.52. The number of anilines is 1. The number of hydrogen-bond donors (Lipinski definition) is 3. The maximum absolute atomic E-state index is 14.8. The minimum absolute atomic E-state index is 0.176. The van der Waals surface area contributed by atoms with Crippen molar-refractivity contribution in [3.8, 4) is 5.69 Å². The Hall–Kier alpha value is -2.70. The highest BCUT2D eigenvalue weighted by atomic mass is 32.1. The van der Waals surface area contributed by atoms with Crippen LogP contribution in [0.15, 0.2) is 18.3 Å². The number of aliphatic hydroxyl groups excluding tert-OH is 2. The van der Waals surface area contributed by atoms with E-state index in [1.165, 1.54) is 26.6 Å². The van der Waals surface area contributed by atoms with Crippen molar-refractivity contribution in [2.45, 2.75) is 19.6 Å². The lowest BCUT2D eigenvalue weighted by atomic mass is 10.2. The molecule has 30 heavy (non-hydrogen) atoms. The number of carbonyl (C=O) groups is 1. The molecule has 1 aromatic heterocycles. The van der Waals surface area contributed by atoms with Crippen molar-refractivity contribution in [3.05, 3.63) is 35.7 Å². The second kappa shape index (κ2) is 9.41. The van der Waals surface area contributed by atoms with Gasteiger partial charge >= 0.3 is 0 Å². The zero-order valence-corrected chi connectivity index (χ0v) is 17.1. The van der Waals surface area contributed by atoms with Gasteiger partial charge in [0.25, 0.3) is 5.91 Å². The molecule has 0 spiro atoms. The first kappa shape index (κ1) is 22.0. The molecule has 2 heterocycles. The third-order valence-electron chi connectivity index (χ3n) is 4.69. The molecule has 1 atom stereocenters. The van der Waals surface area contributed by atoms with Crippen LogP contribution in [0.2, 0.25) is 0 Å². The van der Waals surface area contributed by atoms with E-state index in [2.05, 4.69) is 15.6 Å². The van der Waals surface area contributed by atoms with Gasteiger partial charge in [0.2, 0.25) is 0 Å². The lowest BCUT2D eigenvalue weighted by molar-refractivity contribution is -0.142. The Morgan fingerprint density at radius 3 is 2.47 bits per heavy atom. The predicted molar refractivity (Wildman–Crippen MR) is 108 cm³/mol. The van der Waals surface area contributed by atoms with Crippen LogP contribution in [-0.2, 0) is 11.3 Å². The average molecular weight is 440 g/mol. The summed E-state index contributed by atoms with van der Waals surface area (Å²) >= 11 is 4.93. The van der Waals surface area contributed by atoms with Crippen LogP contribution in [0.3, 0.4) is 0 Å². The molecule has 0 bridgehead atoms. The lowest BCUT2D eigenvalue weighted by Gasteiger charge is -2.37. The number of aromatic nitrogens is 3. The molecular formula is C18H22F2N6O3S. The van der Waals surface area contributed by atoms with E-state index in [9.17, 15) is 18.7 Å². The van der Waals surface area contributed by atoms with E-state index in [1.807, 2.05) is 0 Å². The van der Waals surface area contributed by atoms with Crippen molar-refractivity contribution in [1.82, 2.24) is 25.2 Å². The van der Waals surface area contributed by atoms with Crippen LogP contribution in [0.4, 0.5) is 14.5 Å². The zero-order valence-electron chi connectivity index (χ0n) is 16.3. The third kappa shape index (κ3) is 4.89. The zero-order chi connectivity index (χ0) is 21.8. The van der Waals surface area contributed by atoms with Gasteiger partial charge in [0.1, 0.15) is 11.4 Å². The Bertz CT molecular complexity index is 909. The molecule has 0 saturated carbocycles. The van der Waals surface area contributed by atoms with Crippen LogP contribution in [0.1, 0.15) is 12.6 Å². The molecule has 3 N–H and O–H groups in total. The molecule has 0 aliphatic carbocycles. The molecule has 1 aromatic carbocycles. The summed E-state index contributed by atoms with van der Waals surface area (Å²) in [7, 11) is 0. The van der Waals surface area contributed by atoms with Gasteiger partial charge in [-0.05, 0) is 6.92 Å². The highest BCUT2D eigenvalue weighted by molar-refractivity contribution is 7.80. The van der Waals surface area contributed by atoms with E-state index < -0.39 is 30.3 Å². The van der Waals surface area contributed by atoms with Gasteiger partial charge in [0.15, 0.2) is 17.7 Å². The summed E-state index contributed by atoms with van der Waals surface area (Å²) in [6, 6.07) is 2.34. The van der Waals surface area contributed by atoms with Crippen molar-refractivity contribution in [2.75, 3.05) is 37.7 Å². The van der Waals surface area contributed by atoms with Gasteiger partial charge < -0.3 is 25.3 Å². The molecule has 162 valence electrons. The summed E-state index contributed by atoms with van der Waals surface area (Å²) in [6.07, 6.45) is 0.0655. The molecular weight excluding hydrogens is 418 g/mol. The number of rotatable bonds is 6. The topological polar surface area (TPSA) is 107 Å². The van der Waals surface area contributed by atoms with Crippen molar-refractivity contribution in [2.24, 2.45) is 0 Å². The van der Waals surface area contributed by atoms with Gasteiger partial charge in [-0.1, -0.05) is 17.4 Å². The summed E-state index contributed by atoms with van der Waals surface area (Å²) < 4.78 is 30.8. The number of halogens is 2. The molecule has 1 aliphatic heterocycles. The summed E-state index contributed by atoms with van der Waals surface area (Å²) in [5.74, 6) is -2.12. The molecule has 3 rings (SSSR count). The van der Waals surface area contributed by atoms with Crippen LogP contribution in [-0.4, -0.2) is 79.9 Å². The van der Waals surface area contributed by atoms with E-state index in [1.54, 1.807) is 13.1 Å². The molecule has 1 saturated heterocycles. The molecule has 2 aromatic rings. The highest BCUT2D eigenvalue weighted by Gasteiger charge is 2.28. The predicted octanol–water partition coefficient (Wildman–Crippen LogP) is -0.0158. The number of amides is 1. The van der Waals surface area contributed by atoms with Gasteiger partial charge in [-0.3, -0.25) is 4.79 Å². The Labute approximate surface area is 176 Å². The number of thiocarbonyl (C=S) groups is 1. The van der Waals surface area contributed by atoms with Gasteiger partial charge in [-0.2, -0.15) is 0 Å². The Kier molecular flexibility index (Phi) is 6.90. The monoisotopic (exact) mass is 440 g/mol. The molecule has 9 nitrogen and oxygen atoms in total. The number of benzene rings is 1. The van der Waals surface area contributed by atoms with E-state index in [0.29, 0.717) is 17.2 Å². The normalized spacial score (nSPS) is 15.2. The maximum atomic E-state index is 14.8. The fourth-order valence-corrected chi connectivity index (χ4v) is 3.22. The largest absolute Gasteiger partial charge is 0.393 e. The summed E-state index contributed by atoms with van der Waals surface area (Å²) in [5.41, 5.74) is 0.563. The SMILES string of the molecule is CC(=S)NCc1cn(-c2cc(F)c(N3CCN(C(=O)[C@H](O)CO)CC3)c(F)c2)nn1. The summed E-state index contributed by atoms with van der Waals surface area (Å²) in [6.45, 7) is 2.14. The minimum Gasteiger partial charge on any atom is -0.393 e. The van der Waals surface area contributed by atoms with Crippen molar-refractivity contribution in [1.29, 1.82) is 0 Å². The van der Waals surface area contributed by atoms with Crippen LogP contribution in [0, 0.1) is 11.6 Å². The first-order chi connectivity index (χ1) is 14.3. The summed E-state index contributed by atoms with van der Waals surface area (Å²) in [5, 5.41) is 29.1. The van der Waals surface area contributed by atoms with E-state index in [0.717, 1.165) is 0 Å². The number of nitrogens with one attached hydrogen (secondary N) is 1. The highest BCUT2D eigenvalue weighted by Crippen LogP contribution is 2.27. The first-order valence-corrected chi connectivity index (χ1v) is 9.68. The van der Waals surface area contributed by atoms with E-state index >= 15 is 0 Å². The molecule has 1 amide bonds. The second-order valence-corrected chi connectivity index (χ2v) is 7.45. The Morgan fingerprint density at radius 2 is 1.90 bits per heavy atom. The third-order valence-corrected chi connectivity index (χ3v) is 4.84. The maximum Gasteiger partial charge on any atom is 0.253 e. The standard InChI is InChI=1S/C18H22F2N6O3S/c1-11(30)21-8-12-9-26(23-22-12)13-6-14(19)17(15(20)7-13)24-2-4-25(5-3-24)18(29)16(28)10-27/h6-7,9,16,27-28H,2-5,8,10H2,1H3,(H,21,30)/t16-/m1/s1. The van der Waals surface area contributed by atoms with Gasteiger partial charge in [0.05, 0.1) is 30.0 Å². The van der Waals surface area contributed by atoms with E-state index in [4.69, 9.17) is 17.3 Å². The number of hydrogen-bond acceptors (Lipinski definition) is 7. The number of carbonyl (C=O) groups excluding carboxylic acids is 1. The van der Waals surface area contributed by atoms with Crippen LogP contribution in [0.25, 0.3) is 5.69 Å². The molecule has 1 aliphatic rings. The minimum atomic E-state index is -1.49. The molecule has 12 heteroatoms. The Morgan fingerprint density at radius 1 is 1.27 bits per heavy atom.